The normalized spacial score (nSPS) is 11.2. The van der Waals surface area contributed by atoms with Gasteiger partial charge in [0, 0.05) is 12.2 Å². The van der Waals surface area contributed by atoms with Gasteiger partial charge < -0.3 is 9.47 Å². The maximum Gasteiger partial charge on any atom is 0.331 e. The van der Waals surface area contributed by atoms with Gasteiger partial charge in [0.2, 0.25) is 0 Å². The summed E-state index contributed by atoms with van der Waals surface area (Å²) in [5.41, 5.74) is 0. The van der Waals surface area contributed by atoms with E-state index in [9.17, 15) is 9.59 Å². The molecule has 0 aromatic heterocycles. The Morgan fingerprint density at radius 3 is 1.72 bits per heavy atom. The van der Waals surface area contributed by atoms with Gasteiger partial charge in [0.05, 0.1) is 13.2 Å². The highest BCUT2D eigenvalue weighted by molar-refractivity contribution is 5.91. The molecule has 0 radical (unpaired) electrons. The van der Waals surface area contributed by atoms with E-state index < -0.39 is 11.9 Å². The number of esters is 2. The van der Waals surface area contributed by atoms with Crippen molar-refractivity contribution in [1.82, 2.24) is 0 Å². The van der Waals surface area contributed by atoms with E-state index in [-0.39, 0.29) is 0 Å². The second-order valence-electron chi connectivity index (χ2n) is 6.64. The summed E-state index contributed by atoms with van der Waals surface area (Å²) in [6.07, 6.45) is 15.3. The van der Waals surface area contributed by atoms with Crippen molar-refractivity contribution in [3.63, 3.8) is 0 Å². The first kappa shape index (κ1) is 23.7. The van der Waals surface area contributed by atoms with Crippen molar-refractivity contribution in [2.45, 2.75) is 91.4 Å². The van der Waals surface area contributed by atoms with Gasteiger partial charge >= 0.3 is 11.9 Å². The lowest BCUT2D eigenvalue weighted by molar-refractivity contribution is -0.141. The first-order chi connectivity index (χ1) is 12.1. The van der Waals surface area contributed by atoms with Crippen molar-refractivity contribution in [3.05, 3.63) is 12.2 Å². The average molecular weight is 355 g/mol. The maximum atomic E-state index is 11.5. The Labute approximate surface area is 154 Å². The number of carbonyl (C=O) groups is 2. The maximum absolute atomic E-state index is 11.5. The Bertz CT molecular complexity index is 359. The molecule has 0 aromatic carbocycles. The predicted molar refractivity (Wildman–Crippen MR) is 102 cm³/mol. The molecule has 0 unspecified atom stereocenters. The average Bonchev–Trinajstić information content (AvgIpc) is 2.62. The van der Waals surface area contributed by atoms with Crippen LogP contribution in [0.3, 0.4) is 0 Å². The van der Waals surface area contributed by atoms with Crippen LogP contribution in [0.5, 0.6) is 0 Å². The molecule has 0 aliphatic carbocycles. The van der Waals surface area contributed by atoms with Gasteiger partial charge in [0.15, 0.2) is 0 Å². The van der Waals surface area contributed by atoms with Gasteiger partial charge in [0.25, 0.3) is 0 Å². The van der Waals surface area contributed by atoms with Crippen molar-refractivity contribution in [2.24, 2.45) is 5.92 Å². The molecular formula is C21H38O4. The van der Waals surface area contributed by atoms with Crippen molar-refractivity contribution in [3.8, 4) is 0 Å². The van der Waals surface area contributed by atoms with E-state index >= 15 is 0 Å². The Morgan fingerprint density at radius 1 is 0.720 bits per heavy atom. The van der Waals surface area contributed by atoms with Crippen LogP contribution in [-0.4, -0.2) is 25.2 Å². The van der Waals surface area contributed by atoms with E-state index in [0.29, 0.717) is 19.1 Å². The third-order valence-electron chi connectivity index (χ3n) is 4.46. The van der Waals surface area contributed by atoms with E-state index in [1.807, 2.05) is 0 Å². The van der Waals surface area contributed by atoms with Crippen molar-refractivity contribution >= 4 is 11.9 Å². The predicted octanol–water partition coefficient (Wildman–Crippen LogP) is 5.60. The molecule has 0 amide bonds. The van der Waals surface area contributed by atoms with Gasteiger partial charge in [-0.3, -0.25) is 0 Å². The van der Waals surface area contributed by atoms with Crippen molar-refractivity contribution in [2.75, 3.05) is 13.2 Å². The standard InChI is InChI=1S/C21H38O4/c1-4-7-8-9-10-11-12-13-14-17-24-20(22)15-16-21(23)25-18-19(5-2)6-3/h15-16,19H,4-14,17-18H2,1-3H3/b16-15+. The zero-order chi connectivity index (χ0) is 18.8. The lowest BCUT2D eigenvalue weighted by atomic mass is 10.1. The minimum atomic E-state index is -0.480. The molecule has 0 N–H and O–H groups in total. The number of hydrogen-bond acceptors (Lipinski definition) is 4. The molecule has 0 aliphatic rings. The van der Waals surface area contributed by atoms with Crippen LogP contribution in [0, 0.1) is 5.92 Å². The van der Waals surface area contributed by atoms with E-state index in [4.69, 9.17) is 9.47 Å². The van der Waals surface area contributed by atoms with Crippen molar-refractivity contribution in [1.29, 1.82) is 0 Å². The number of ether oxygens (including phenoxy) is 2. The molecule has 4 nitrogen and oxygen atoms in total. The molecule has 0 aliphatic heterocycles. The van der Waals surface area contributed by atoms with Gasteiger partial charge in [-0.25, -0.2) is 9.59 Å². The van der Waals surface area contributed by atoms with E-state index in [1.54, 1.807) is 0 Å². The molecule has 0 spiro atoms. The second kappa shape index (κ2) is 17.5. The minimum absolute atomic E-state index is 0.385. The fraction of sp³-hybridized carbons (Fsp3) is 0.810. The number of unbranched alkanes of at least 4 members (excludes halogenated alkanes) is 8. The fourth-order valence-electron chi connectivity index (χ4n) is 2.54. The summed E-state index contributed by atoms with van der Waals surface area (Å²) in [4.78, 5) is 23.0. The molecule has 0 saturated carbocycles. The summed E-state index contributed by atoms with van der Waals surface area (Å²) < 4.78 is 10.2. The van der Waals surface area contributed by atoms with Crippen LogP contribution in [0.4, 0.5) is 0 Å². The monoisotopic (exact) mass is 354 g/mol. The summed E-state index contributed by atoms with van der Waals surface area (Å²) in [5, 5.41) is 0. The van der Waals surface area contributed by atoms with Crippen LogP contribution in [0.1, 0.15) is 91.4 Å². The molecule has 0 aromatic rings. The smallest absolute Gasteiger partial charge is 0.331 e. The van der Waals surface area contributed by atoms with E-state index in [1.165, 1.54) is 44.9 Å². The molecule has 25 heavy (non-hydrogen) atoms. The Balaban J connectivity index is 3.55. The lowest BCUT2D eigenvalue weighted by Gasteiger charge is -2.11. The Hall–Kier alpha value is -1.32. The van der Waals surface area contributed by atoms with Crippen LogP contribution in [0.15, 0.2) is 12.2 Å². The zero-order valence-corrected chi connectivity index (χ0v) is 16.6. The SMILES string of the molecule is CCCCCCCCCCCOC(=O)/C=C/C(=O)OCC(CC)CC. The molecule has 0 bridgehead atoms. The Kier molecular flexibility index (Phi) is 16.6. The molecule has 146 valence electrons. The van der Waals surface area contributed by atoms with E-state index in [0.717, 1.165) is 37.8 Å². The number of rotatable bonds is 16. The van der Waals surface area contributed by atoms with Crippen molar-refractivity contribution < 1.29 is 19.1 Å². The molecule has 4 heteroatoms. The summed E-state index contributed by atoms with van der Waals surface area (Å²) in [6, 6.07) is 0. The second-order valence-corrected chi connectivity index (χ2v) is 6.64. The summed E-state index contributed by atoms with van der Waals surface area (Å²) in [5.74, 6) is -0.568. The quantitative estimate of drug-likeness (QED) is 0.206. The van der Waals surface area contributed by atoms with Gasteiger partial charge in [-0.2, -0.15) is 0 Å². The van der Waals surface area contributed by atoms with Gasteiger partial charge in [0.1, 0.15) is 0 Å². The highest BCUT2D eigenvalue weighted by Gasteiger charge is 2.06. The fourth-order valence-corrected chi connectivity index (χ4v) is 2.54. The summed E-state index contributed by atoms with van der Waals surface area (Å²) >= 11 is 0. The highest BCUT2D eigenvalue weighted by Crippen LogP contribution is 2.10. The van der Waals surface area contributed by atoms with Crippen LogP contribution < -0.4 is 0 Å². The van der Waals surface area contributed by atoms with Gasteiger partial charge in [-0.15, -0.1) is 0 Å². The van der Waals surface area contributed by atoms with Crippen LogP contribution in [-0.2, 0) is 19.1 Å². The zero-order valence-electron chi connectivity index (χ0n) is 16.6. The number of carbonyl (C=O) groups excluding carboxylic acids is 2. The Morgan fingerprint density at radius 2 is 1.20 bits per heavy atom. The molecule has 0 atom stereocenters. The summed E-state index contributed by atoms with van der Waals surface area (Å²) in [6.45, 7) is 7.20. The third kappa shape index (κ3) is 15.9. The first-order valence-corrected chi connectivity index (χ1v) is 10.2. The molecular weight excluding hydrogens is 316 g/mol. The number of hydrogen-bond donors (Lipinski definition) is 0. The highest BCUT2D eigenvalue weighted by atomic mass is 16.5. The largest absolute Gasteiger partial charge is 0.463 e. The van der Waals surface area contributed by atoms with Crippen LogP contribution >= 0.6 is 0 Å². The minimum Gasteiger partial charge on any atom is -0.463 e. The van der Waals surface area contributed by atoms with E-state index in [2.05, 4.69) is 20.8 Å². The molecule has 0 fully saturated rings. The van der Waals surface area contributed by atoms with Gasteiger partial charge in [-0.1, -0.05) is 85.0 Å². The third-order valence-corrected chi connectivity index (χ3v) is 4.46. The first-order valence-electron chi connectivity index (χ1n) is 10.2. The molecule has 0 heterocycles. The molecule has 0 saturated heterocycles. The van der Waals surface area contributed by atoms with Gasteiger partial charge in [-0.05, 0) is 12.3 Å². The van der Waals surface area contributed by atoms with Crippen LogP contribution in [0.25, 0.3) is 0 Å². The lowest BCUT2D eigenvalue weighted by Crippen LogP contribution is -2.12. The molecule has 0 rings (SSSR count). The summed E-state index contributed by atoms with van der Waals surface area (Å²) in [7, 11) is 0. The van der Waals surface area contributed by atoms with Crippen LogP contribution in [0.2, 0.25) is 0 Å². The topological polar surface area (TPSA) is 52.6 Å².